The number of rotatable bonds is 4. The molecular weight excluding hydrogens is 238 g/mol. The summed E-state index contributed by atoms with van der Waals surface area (Å²) < 4.78 is 32.0. The van der Waals surface area contributed by atoms with Gasteiger partial charge in [0.05, 0.1) is 11.7 Å². The van der Waals surface area contributed by atoms with Crippen LogP contribution in [0, 0.1) is 18.6 Å². The second-order valence-corrected chi connectivity index (χ2v) is 4.68. The van der Waals surface area contributed by atoms with E-state index in [1.165, 1.54) is 13.0 Å². The number of aryl methyl sites for hydroxylation is 1. The van der Waals surface area contributed by atoms with Gasteiger partial charge in [-0.3, -0.25) is 4.79 Å². The van der Waals surface area contributed by atoms with Crippen molar-refractivity contribution in [3.63, 3.8) is 0 Å². The summed E-state index contributed by atoms with van der Waals surface area (Å²) in [5.41, 5.74) is 0.267. The summed E-state index contributed by atoms with van der Waals surface area (Å²) in [7, 11) is 0. The third-order valence-corrected chi connectivity index (χ3v) is 3.27. The van der Waals surface area contributed by atoms with Crippen LogP contribution in [0.5, 0.6) is 0 Å². The molecule has 1 fully saturated rings. The Kier molecular flexibility index (Phi) is 4.07. The van der Waals surface area contributed by atoms with E-state index in [1.54, 1.807) is 0 Å². The fourth-order valence-electron chi connectivity index (χ4n) is 2.17. The summed E-state index contributed by atoms with van der Waals surface area (Å²) in [4.78, 5) is 11.9. The smallest absolute Gasteiger partial charge is 0.165 e. The summed E-state index contributed by atoms with van der Waals surface area (Å²) in [5, 5.41) is 0. The lowest BCUT2D eigenvalue weighted by atomic mass is 10.0. The zero-order chi connectivity index (χ0) is 13.1. The Morgan fingerprint density at radius 2 is 2.17 bits per heavy atom. The van der Waals surface area contributed by atoms with Crippen molar-refractivity contribution < 1.29 is 18.3 Å². The van der Waals surface area contributed by atoms with E-state index >= 15 is 0 Å². The highest BCUT2D eigenvalue weighted by atomic mass is 19.1. The largest absolute Gasteiger partial charge is 0.378 e. The molecule has 98 valence electrons. The van der Waals surface area contributed by atoms with E-state index in [1.807, 2.05) is 0 Å². The molecular formula is C14H16F2O2. The second-order valence-electron chi connectivity index (χ2n) is 4.68. The van der Waals surface area contributed by atoms with Gasteiger partial charge in [0.25, 0.3) is 0 Å². The normalized spacial score (nSPS) is 19.2. The molecule has 0 bridgehead atoms. The lowest BCUT2D eigenvalue weighted by Crippen LogP contribution is -2.10. The van der Waals surface area contributed by atoms with Crippen LogP contribution in [-0.4, -0.2) is 18.5 Å². The van der Waals surface area contributed by atoms with Crippen LogP contribution in [0.3, 0.4) is 0 Å². The van der Waals surface area contributed by atoms with Gasteiger partial charge in [-0.1, -0.05) is 0 Å². The molecule has 4 heteroatoms. The van der Waals surface area contributed by atoms with Gasteiger partial charge in [-0.25, -0.2) is 8.78 Å². The predicted octanol–water partition coefficient (Wildman–Crippen LogP) is 3.42. The van der Waals surface area contributed by atoms with Gasteiger partial charge in [0.15, 0.2) is 5.78 Å². The van der Waals surface area contributed by atoms with Gasteiger partial charge in [0.1, 0.15) is 11.6 Å². The predicted molar refractivity (Wildman–Crippen MR) is 63.6 cm³/mol. The van der Waals surface area contributed by atoms with Gasteiger partial charge in [-0.15, -0.1) is 0 Å². The highest BCUT2D eigenvalue weighted by Gasteiger charge is 2.19. The van der Waals surface area contributed by atoms with Crippen LogP contribution in [-0.2, 0) is 4.74 Å². The first kappa shape index (κ1) is 13.1. The Bertz CT molecular complexity index is 451. The lowest BCUT2D eigenvalue weighted by molar-refractivity contribution is 0.0856. The van der Waals surface area contributed by atoms with Crippen molar-refractivity contribution in [2.24, 2.45) is 0 Å². The van der Waals surface area contributed by atoms with E-state index in [4.69, 9.17) is 4.74 Å². The number of halogens is 2. The summed E-state index contributed by atoms with van der Waals surface area (Å²) >= 11 is 0. The Balaban J connectivity index is 2.01. The van der Waals surface area contributed by atoms with Gasteiger partial charge >= 0.3 is 0 Å². The fourth-order valence-corrected chi connectivity index (χ4v) is 2.17. The second kappa shape index (κ2) is 5.57. The van der Waals surface area contributed by atoms with E-state index in [-0.39, 0.29) is 29.4 Å². The highest BCUT2D eigenvalue weighted by Crippen LogP contribution is 2.20. The van der Waals surface area contributed by atoms with Crippen molar-refractivity contribution >= 4 is 5.78 Å². The molecule has 1 aromatic rings. The Labute approximate surface area is 105 Å². The molecule has 1 aliphatic rings. The molecule has 1 heterocycles. The molecule has 1 atom stereocenters. The first-order chi connectivity index (χ1) is 8.58. The first-order valence-electron chi connectivity index (χ1n) is 6.18. The van der Waals surface area contributed by atoms with Crippen LogP contribution in [0.25, 0.3) is 0 Å². The van der Waals surface area contributed by atoms with Crippen molar-refractivity contribution in [3.05, 3.63) is 34.9 Å². The molecule has 18 heavy (non-hydrogen) atoms. The minimum absolute atomic E-state index is 0.0214. The first-order valence-corrected chi connectivity index (χ1v) is 6.18. The van der Waals surface area contributed by atoms with Crippen LogP contribution in [0.4, 0.5) is 8.78 Å². The molecule has 0 saturated carbocycles. The number of ether oxygens (including phenoxy) is 1. The summed E-state index contributed by atoms with van der Waals surface area (Å²) in [6, 6.07) is 2.05. The number of ketones is 1. The van der Waals surface area contributed by atoms with Crippen molar-refractivity contribution in [2.45, 2.75) is 38.7 Å². The van der Waals surface area contributed by atoms with Gasteiger partial charge in [0.2, 0.25) is 0 Å². The van der Waals surface area contributed by atoms with E-state index in [0.29, 0.717) is 6.42 Å². The SMILES string of the molecule is Cc1cc(C(=O)CCC2CCCO2)c(F)cc1F. The number of hydrogen-bond donors (Lipinski definition) is 0. The average Bonchev–Trinajstić information content (AvgIpc) is 2.84. The van der Waals surface area contributed by atoms with E-state index in [9.17, 15) is 13.6 Å². The zero-order valence-corrected chi connectivity index (χ0v) is 10.3. The van der Waals surface area contributed by atoms with Crippen LogP contribution < -0.4 is 0 Å². The molecule has 0 N–H and O–H groups in total. The van der Waals surface area contributed by atoms with E-state index in [0.717, 1.165) is 25.5 Å². The Hall–Kier alpha value is -1.29. The summed E-state index contributed by atoms with van der Waals surface area (Å²) in [5.74, 6) is -1.69. The fraction of sp³-hybridized carbons (Fsp3) is 0.500. The molecule has 1 saturated heterocycles. The number of carbonyl (C=O) groups excluding carboxylic acids is 1. The molecule has 1 aliphatic heterocycles. The van der Waals surface area contributed by atoms with Crippen molar-refractivity contribution in [2.75, 3.05) is 6.61 Å². The molecule has 0 amide bonds. The minimum Gasteiger partial charge on any atom is -0.378 e. The van der Waals surface area contributed by atoms with Crippen LogP contribution in [0.1, 0.15) is 41.6 Å². The Morgan fingerprint density at radius 1 is 1.39 bits per heavy atom. The maximum absolute atomic E-state index is 13.5. The minimum atomic E-state index is -0.782. The number of Topliss-reactive ketones (excluding diaryl/α,β-unsaturated/α-hetero) is 1. The highest BCUT2D eigenvalue weighted by molar-refractivity contribution is 5.96. The summed E-state index contributed by atoms with van der Waals surface area (Å²) in [6.07, 6.45) is 2.93. The van der Waals surface area contributed by atoms with Gasteiger partial charge < -0.3 is 4.74 Å². The zero-order valence-electron chi connectivity index (χ0n) is 10.3. The quantitative estimate of drug-likeness (QED) is 0.770. The third-order valence-electron chi connectivity index (χ3n) is 3.27. The number of hydrogen-bond acceptors (Lipinski definition) is 2. The van der Waals surface area contributed by atoms with Crippen molar-refractivity contribution in [1.82, 2.24) is 0 Å². The monoisotopic (exact) mass is 254 g/mol. The summed E-state index contributed by atoms with van der Waals surface area (Å²) in [6.45, 7) is 2.26. The molecule has 1 aromatic carbocycles. The molecule has 0 aliphatic carbocycles. The molecule has 1 unspecified atom stereocenters. The topological polar surface area (TPSA) is 26.3 Å². The van der Waals surface area contributed by atoms with Crippen LogP contribution in [0.2, 0.25) is 0 Å². The van der Waals surface area contributed by atoms with Crippen molar-refractivity contribution in [1.29, 1.82) is 0 Å². The van der Waals surface area contributed by atoms with Gasteiger partial charge in [-0.2, -0.15) is 0 Å². The maximum Gasteiger partial charge on any atom is 0.165 e. The molecule has 0 radical (unpaired) electrons. The number of carbonyl (C=O) groups is 1. The lowest BCUT2D eigenvalue weighted by Gasteiger charge is -2.09. The molecule has 0 spiro atoms. The maximum atomic E-state index is 13.5. The van der Waals surface area contributed by atoms with Crippen LogP contribution in [0.15, 0.2) is 12.1 Å². The van der Waals surface area contributed by atoms with Gasteiger partial charge in [0, 0.05) is 19.1 Å². The van der Waals surface area contributed by atoms with Crippen LogP contribution >= 0.6 is 0 Å². The van der Waals surface area contributed by atoms with Crippen molar-refractivity contribution in [3.8, 4) is 0 Å². The van der Waals surface area contributed by atoms with Gasteiger partial charge in [-0.05, 0) is 37.8 Å². The molecule has 0 aromatic heterocycles. The average molecular weight is 254 g/mol. The molecule has 2 nitrogen and oxygen atoms in total. The Morgan fingerprint density at radius 3 is 2.83 bits per heavy atom. The molecule has 2 rings (SSSR count). The van der Waals surface area contributed by atoms with E-state index in [2.05, 4.69) is 0 Å². The number of benzene rings is 1. The third kappa shape index (κ3) is 2.93. The van der Waals surface area contributed by atoms with E-state index < -0.39 is 11.6 Å². The standard InChI is InChI=1S/C14H16F2O2/c1-9-7-11(13(16)8-12(9)15)14(17)5-4-10-3-2-6-18-10/h7-8,10H,2-6H2,1H3.